The molecule has 0 radical (unpaired) electrons. The van der Waals surface area contributed by atoms with Gasteiger partial charge in [-0.1, -0.05) is 30.7 Å². The molecule has 1 nitrogen and oxygen atoms in total. The number of benzene rings is 1. The molecule has 1 aliphatic carbocycles. The van der Waals surface area contributed by atoms with Crippen molar-refractivity contribution in [1.82, 2.24) is 0 Å². The molecule has 1 unspecified atom stereocenters. The van der Waals surface area contributed by atoms with E-state index >= 15 is 0 Å². The van der Waals surface area contributed by atoms with Crippen LogP contribution in [0.4, 0.5) is 4.39 Å². The second-order valence-electron chi connectivity index (χ2n) is 4.76. The molecule has 0 N–H and O–H groups in total. The molecule has 0 aliphatic heterocycles. The number of rotatable bonds is 3. The van der Waals surface area contributed by atoms with Gasteiger partial charge >= 0.3 is 0 Å². The van der Waals surface area contributed by atoms with Gasteiger partial charge in [-0.15, -0.1) is 0 Å². The summed E-state index contributed by atoms with van der Waals surface area (Å²) in [5.41, 5.74) is 1.46. The zero-order valence-corrected chi connectivity index (χ0v) is 9.79. The van der Waals surface area contributed by atoms with E-state index in [1.165, 1.54) is 0 Å². The molecule has 0 spiro atoms. The van der Waals surface area contributed by atoms with Crippen molar-refractivity contribution < 1.29 is 9.18 Å². The first-order valence-corrected chi connectivity index (χ1v) is 5.82. The van der Waals surface area contributed by atoms with Gasteiger partial charge in [0.1, 0.15) is 6.17 Å². The Kier molecular flexibility index (Phi) is 2.83. The molecule has 0 aromatic heterocycles. The van der Waals surface area contributed by atoms with Crippen LogP contribution in [-0.4, -0.2) is 12.0 Å². The predicted molar refractivity (Wildman–Crippen MR) is 62.5 cm³/mol. The summed E-state index contributed by atoms with van der Waals surface area (Å²) in [4.78, 5) is 11.1. The van der Waals surface area contributed by atoms with Crippen molar-refractivity contribution in [3.8, 4) is 0 Å². The fourth-order valence-corrected chi connectivity index (χ4v) is 2.51. The first kappa shape index (κ1) is 11.3. The summed E-state index contributed by atoms with van der Waals surface area (Å²) >= 11 is 0. The lowest BCUT2D eigenvalue weighted by Gasteiger charge is -2.43. The molecular weight excluding hydrogens is 203 g/mol. The number of carbonyl (C=O) groups excluding carboxylic acids is 1. The zero-order valence-electron chi connectivity index (χ0n) is 9.79. The minimum Gasteiger partial charge on any atom is -0.295 e. The van der Waals surface area contributed by atoms with Gasteiger partial charge < -0.3 is 0 Å². The van der Waals surface area contributed by atoms with E-state index in [2.05, 4.69) is 0 Å². The van der Waals surface area contributed by atoms with Gasteiger partial charge in [-0.25, -0.2) is 4.39 Å². The molecule has 2 rings (SSSR count). The number of halogens is 1. The summed E-state index contributed by atoms with van der Waals surface area (Å²) in [6, 6.07) is 7.43. The molecule has 0 heterocycles. The maximum atomic E-state index is 13.7. The standard InChI is InChI=1S/C14H17FO/c1-10(16)12-4-6-13(7-5-12)14(11(2)15)8-3-9-14/h4-7,11H,3,8-9H2,1-2H3. The van der Waals surface area contributed by atoms with Gasteiger partial charge in [-0.2, -0.15) is 0 Å². The molecule has 0 saturated heterocycles. The van der Waals surface area contributed by atoms with Crippen LogP contribution in [0.2, 0.25) is 0 Å². The Balaban J connectivity index is 2.30. The lowest BCUT2D eigenvalue weighted by molar-refractivity contribution is 0.101. The Morgan fingerprint density at radius 3 is 2.19 bits per heavy atom. The van der Waals surface area contributed by atoms with Gasteiger partial charge in [0.25, 0.3) is 0 Å². The van der Waals surface area contributed by atoms with Gasteiger partial charge in [0.15, 0.2) is 5.78 Å². The van der Waals surface area contributed by atoms with Crippen LogP contribution in [-0.2, 0) is 5.41 Å². The van der Waals surface area contributed by atoms with Crippen molar-refractivity contribution in [2.75, 3.05) is 0 Å². The molecule has 1 fully saturated rings. The lowest BCUT2D eigenvalue weighted by atomic mass is 9.62. The minimum absolute atomic E-state index is 0.0579. The highest BCUT2D eigenvalue weighted by Crippen LogP contribution is 2.47. The zero-order chi connectivity index (χ0) is 11.8. The summed E-state index contributed by atoms with van der Waals surface area (Å²) in [7, 11) is 0. The van der Waals surface area contributed by atoms with Gasteiger partial charge in [0.05, 0.1) is 0 Å². The van der Waals surface area contributed by atoms with Crippen LogP contribution in [0.3, 0.4) is 0 Å². The highest BCUT2D eigenvalue weighted by molar-refractivity contribution is 5.94. The topological polar surface area (TPSA) is 17.1 Å². The van der Waals surface area contributed by atoms with E-state index in [4.69, 9.17) is 0 Å². The molecule has 86 valence electrons. The van der Waals surface area contributed by atoms with Gasteiger partial charge in [-0.3, -0.25) is 4.79 Å². The molecular formula is C14H17FO. The molecule has 1 atom stereocenters. The molecule has 2 heteroatoms. The molecule has 1 aromatic carbocycles. The van der Waals surface area contributed by atoms with Crippen LogP contribution >= 0.6 is 0 Å². The van der Waals surface area contributed by atoms with Crippen LogP contribution in [0.15, 0.2) is 24.3 Å². The Bertz CT molecular complexity index is 388. The van der Waals surface area contributed by atoms with Crippen molar-refractivity contribution in [1.29, 1.82) is 0 Å². The highest BCUT2D eigenvalue weighted by atomic mass is 19.1. The Morgan fingerprint density at radius 1 is 1.31 bits per heavy atom. The summed E-state index contributed by atoms with van der Waals surface area (Å²) < 4.78 is 13.7. The van der Waals surface area contributed by atoms with E-state index in [1.807, 2.05) is 12.1 Å². The fourth-order valence-electron chi connectivity index (χ4n) is 2.51. The molecule has 16 heavy (non-hydrogen) atoms. The quantitative estimate of drug-likeness (QED) is 0.710. The minimum atomic E-state index is -0.815. The number of ketones is 1. The van der Waals surface area contributed by atoms with Crippen LogP contribution < -0.4 is 0 Å². The smallest absolute Gasteiger partial charge is 0.159 e. The SMILES string of the molecule is CC(=O)c1ccc(C2(C(C)F)CCC2)cc1. The molecule has 1 aromatic rings. The maximum Gasteiger partial charge on any atom is 0.159 e. The fraction of sp³-hybridized carbons (Fsp3) is 0.500. The van der Waals surface area contributed by atoms with Crippen molar-refractivity contribution in [3.63, 3.8) is 0 Å². The second-order valence-corrected chi connectivity index (χ2v) is 4.76. The van der Waals surface area contributed by atoms with Crippen molar-refractivity contribution in [2.45, 2.75) is 44.7 Å². The van der Waals surface area contributed by atoms with E-state index in [0.717, 1.165) is 24.8 Å². The summed E-state index contributed by atoms with van der Waals surface area (Å²) in [5, 5.41) is 0. The summed E-state index contributed by atoms with van der Waals surface area (Å²) in [5.74, 6) is 0.0579. The van der Waals surface area contributed by atoms with Gasteiger partial charge in [-0.05, 0) is 32.3 Å². The van der Waals surface area contributed by atoms with Crippen molar-refractivity contribution in [3.05, 3.63) is 35.4 Å². The van der Waals surface area contributed by atoms with Crippen LogP contribution in [0.1, 0.15) is 49.0 Å². The third-order valence-corrected chi connectivity index (χ3v) is 3.87. The van der Waals surface area contributed by atoms with E-state index in [0.29, 0.717) is 5.56 Å². The number of alkyl halides is 1. The monoisotopic (exact) mass is 220 g/mol. The Labute approximate surface area is 95.7 Å². The first-order valence-electron chi connectivity index (χ1n) is 5.82. The average molecular weight is 220 g/mol. The Hall–Kier alpha value is -1.18. The number of hydrogen-bond donors (Lipinski definition) is 0. The summed E-state index contributed by atoms with van der Waals surface area (Å²) in [6.45, 7) is 3.18. The molecule has 0 bridgehead atoms. The molecule has 1 saturated carbocycles. The normalized spacial score (nSPS) is 19.9. The second kappa shape index (κ2) is 4.00. The van der Waals surface area contributed by atoms with E-state index in [-0.39, 0.29) is 11.2 Å². The van der Waals surface area contributed by atoms with Crippen molar-refractivity contribution in [2.24, 2.45) is 0 Å². The third kappa shape index (κ3) is 1.66. The summed E-state index contributed by atoms with van der Waals surface area (Å²) in [6.07, 6.45) is 2.13. The predicted octanol–water partition coefficient (Wildman–Crippen LogP) is 3.67. The van der Waals surface area contributed by atoms with E-state index in [9.17, 15) is 9.18 Å². The van der Waals surface area contributed by atoms with Gasteiger partial charge in [0.2, 0.25) is 0 Å². The lowest BCUT2D eigenvalue weighted by Crippen LogP contribution is -2.41. The first-order chi connectivity index (χ1) is 7.56. The van der Waals surface area contributed by atoms with E-state index < -0.39 is 6.17 Å². The van der Waals surface area contributed by atoms with Gasteiger partial charge in [0, 0.05) is 11.0 Å². The number of hydrogen-bond acceptors (Lipinski definition) is 1. The molecule has 1 aliphatic rings. The number of Topliss-reactive ketones (excluding diaryl/α,β-unsaturated/α-hetero) is 1. The van der Waals surface area contributed by atoms with Crippen molar-refractivity contribution >= 4 is 5.78 Å². The van der Waals surface area contributed by atoms with Crippen LogP contribution in [0, 0.1) is 0 Å². The highest BCUT2D eigenvalue weighted by Gasteiger charge is 2.43. The average Bonchev–Trinajstić information content (AvgIpc) is 2.16. The third-order valence-electron chi connectivity index (χ3n) is 3.87. The number of carbonyl (C=O) groups is 1. The molecule has 0 amide bonds. The van der Waals surface area contributed by atoms with Crippen LogP contribution in [0.25, 0.3) is 0 Å². The largest absolute Gasteiger partial charge is 0.295 e. The Morgan fingerprint density at radius 2 is 1.88 bits per heavy atom. The van der Waals surface area contributed by atoms with E-state index in [1.54, 1.807) is 26.0 Å². The van der Waals surface area contributed by atoms with Crippen LogP contribution in [0.5, 0.6) is 0 Å². The maximum absolute atomic E-state index is 13.7.